The van der Waals surface area contributed by atoms with Crippen molar-refractivity contribution in [1.82, 2.24) is 9.97 Å². The third kappa shape index (κ3) is 4.42. The zero-order valence-corrected chi connectivity index (χ0v) is 15.1. The molecule has 9 heteroatoms. The molecule has 0 spiro atoms. The number of hydrogen-bond donors (Lipinski definition) is 2. The quantitative estimate of drug-likeness (QED) is 0.459. The summed E-state index contributed by atoms with van der Waals surface area (Å²) in [6, 6.07) is 14.2. The lowest BCUT2D eigenvalue weighted by Gasteiger charge is -2.11. The molecule has 2 N–H and O–H groups in total. The number of benzene rings is 2. The summed E-state index contributed by atoms with van der Waals surface area (Å²) in [7, 11) is 1.54. The number of rotatable bonds is 7. The molecule has 0 radical (unpaired) electrons. The van der Waals surface area contributed by atoms with Crippen LogP contribution in [0.5, 0.6) is 5.75 Å². The smallest absolute Gasteiger partial charge is 0.353 e. The van der Waals surface area contributed by atoms with Crippen LogP contribution in [0.25, 0.3) is 0 Å². The average Bonchev–Trinajstić information content (AvgIpc) is 2.67. The van der Waals surface area contributed by atoms with E-state index in [0.717, 1.165) is 5.56 Å². The first kappa shape index (κ1) is 18.4. The Balaban J connectivity index is 1.88. The number of nitro groups is 1. The van der Waals surface area contributed by atoms with Gasteiger partial charge in [0.2, 0.25) is 11.6 Å². The van der Waals surface area contributed by atoms with Gasteiger partial charge in [0, 0.05) is 23.3 Å². The fraction of sp³-hybridized carbons (Fsp3) is 0.111. The maximum absolute atomic E-state index is 11.6. The van der Waals surface area contributed by atoms with Crippen LogP contribution in [0.2, 0.25) is 5.02 Å². The SMILES string of the molecule is COc1cccc(Nc2ncnc(NCc3ccccc3Cl)c2[N+](=O)[O-])c1. The van der Waals surface area contributed by atoms with Crippen molar-refractivity contribution >= 4 is 34.6 Å². The number of methoxy groups -OCH3 is 1. The molecule has 138 valence electrons. The molecular formula is C18H16ClN5O3. The Labute approximate surface area is 160 Å². The summed E-state index contributed by atoms with van der Waals surface area (Å²) in [5.41, 5.74) is 1.15. The van der Waals surface area contributed by atoms with E-state index in [9.17, 15) is 10.1 Å². The van der Waals surface area contributed by atoms with Gasteiger partial charge in [-0.1, -0.05) is 35.9 Å². The van der Waals surface area contributed by atoms with E-state index in [2.05, 4.69) is 20.6 Å². The molecule has 0 atom stereocenters. The topological polar surface area (TPSA) is 102 Å². The molecule has 0 unspecified atom stereocenters. The minimum absolute atomic E-state index is 0.0740. The standard InChI is InChI=1S/C18H16ClN5O3/c1-27-14-7-4-6-13(9-14)23-18-16(24(25)26)17(21-11-22-18)20-10-12-5-2-3-8-15(12)19/h2-9,11H,10H2,1H3,(H2,20,21,22,23). The van der Waals surface area contributed by atoms with E-state index in [1.165, 1.54) is 6.33 Å². The highest BCUT2D eigenvalue weighted by Gasteiger charge is 2.23. The van der Waals surface area contributed by atoms with Gasteiger partial charge in [-0.15, -0.1) is 0 Å². The first-order valence-corrected chi connectivity index (χ1v) is 8.34. The van der Waals surface area contributed by atoms with Crippen molar-refractivity contribution in [2.45, 2.75) is 6.54 Å². The maximum Gasteiger partial charge on any atom is 0.353 e. The van der Waals surface area contributed by atoms with Crippen molar-refractivity contribution in [2.75, 3.05) is 17.7 Å². The van der Waals surface area contributed by atoms with E-state index in [1.807, 2.05) is 18.2 Å². The third-order valence-corrected chi connectivity index (χ3v) is 4.11. The Kier molecular flexibility index (Phi) is 5.68. The van der Waals surface area contributed by atoms with Crippen LogP contribution in [0.4, 0.5) is 23.0 Å². The van der Waals surface area contributed by atoms with Crippen LogP contribution >= 0.6 is 11.6 Å². The van der Waals surface area contributed by atoms with Gasteiger partial charge < -0.3 is 15.4 Å². The number of hydrogen-bond acceptors (Lipinski definition) is 7. The normalized spacial score (nSPS) is 10.3. The summed E-state index contributed by atoms with van der Waals surface area (Å²) >= 11 is 6.13. The van der Waals surface area contributed by atoms with E-state index in [0.29, 0.717) is 16.5 Å². The first-order chi connectivity index (χ1) is 13.1. The van der Waals surface area contributed by atoms with Crippen LogP contribution in [-0.4, -0.2) is 22.0 Å². The zero-order chi connectivity index (χ0) is 19.2. The highest BCUT2D eigenvalue weighted by Crippen LogP contribution is 2.32. The molecule has 0 bridgehead atoms. The average molecular weight is 386 g/mol. The first-order valence-electron chi connectivity index (χ1n) is 7.96. The highest BCUT2D eigenvalue weighted by atomic mass is 35.5. The zero-order valence-electron chi connectivity index (χ0n) is 14.3. The van der Waals surface area contributed by atoms with Gasteiger partial charge in [0.25, 0.3) is 0 Å². The molecule has 0 amide bonds. The van der Waals surface area contributed by atoms with Gasteiger partial charge in [0.15, 0.2) is 0 Å². The molecule has 0 saturated carbocycles. The fourth-order valence-corrected chi connectivity index (χ4v) is 2.63. The predicted octanol–water partition coefficient (Wildman–Crippen LogP) is 4.40. The molecule has 1 heterocycles. The van der Waals surface area contributed by atoms with E-state index in [4.69, 9.17) is 16.3 Å². The van der Waals surface area contributed by atoms with E-state index >= 15 is 0 Å². The van der Waals surface area contributed by atoms with Gasteiger partial charge in [-0.05, 0) is 23.8 Å². The van der Waals surface area contributed by atoms with Crippen LogP contribution in [0.15, 0.2) is 54.9 Å². The summed E-state index contributed by atoms with van der Waals surface area (Å²) in [5.74, 6) is 0.791. The lowest BCUT2D eigenvalue weighted by molar-refractivity contribution is -0.383. The molecule has 2 aromatic carbocycles. The summed E-state index contributed by atoms with van der Waals surface area (Å²) in [6.07, 6.45) is 1.25. The van der Waals surface area contributed by atoms with Gasteiger partial charge in [-0.3, -0.25) is 10.1 Å². The van der Waals surface area contributed by atoms with Gasteiger partial charge in [0.1, 0.15) is 12.1 Å². The number of nitrogens with one attached hydrogen (secondary N) is 2. The van der Waals surface area contributed by atoms with Gasteiger partial charge >= 0.3 is 5.69 Å². The number of anilines is 3. The van der Waals surface area contributed by atoms with Crippen LogP contribution in [0.3, 0.4) is 0 Å². The van der Waals surface area contributed by atoms with E-state index < -0.39 is 4.92 Å². The predicted molar refractivity (Wildman–Crippen MR) is 104 cm³/mol. The number of ether oxygens (including phenoxy) is 1. The van der Waals surface area contributed by atoms with Crippen LogP contribution < -0.4 is 15.4 Å². The Bertz CT molecular complexity index is 967. The maximum atomic E-state index is 11.6. The van der Waals surface area contributed by atoms with Crippen molar-refractivity contribution in [1.29, 1.82) is 0 Å². The molecule has 0 saturated heterocycles. The lowest BCUT2D eigenvalue weighted by atomic mass is 10.2. The van der Waals surface area contributed by atoms with Gasteiger partial charge in [-0.25, -0.2) is 9.97 Å². The monoisotopic (exact) mass is 385 g/mol. The highest BCUT2D eigenvalue weighted by molar-refractivity contribution is 6.31. The van der Waals surface area contributed by atoms with Crippen LogP contribution in [-0.2, 0) is 6.54 Å². The lowest BCUT2D eigenvalue weighted by Crippen LogP contribution is -2.08. The Hall–Kier alpha value is -3.39. The van der Waals surface area contributed by atoms with Crippen LogP contribution in [0.1, 0.15) is 5.56 Å². The molecule has 27 heavy (non-hydrogen) atoms. The second-order valence-corrected chi connectivity index (χ2v) is 5.89. The third-order valence-electron chi connectivity index (χ3n) is 3.74. The van der Waals surface area contributed by atoms with Crippen molar-refractivity contribution in [3.63, 3.8) is 0 Å². The Morgan fingerprint density at radius 3 is 2.67 bits per heavy atom. The summed E-state index contributed by atoms with van der Waals surface area (Å²) in [4.78, 5) is 19.1. The summed E-state index contributed by atoms with van der Waals surface area (Å²) < 4.78 is 5.16. The summed E-state index contributed by atoms with van der Waals surface area (Å²) in [6.45, 7) is 0.288. The molecule has 3 aromatic rings. The van der Waals surface area contributed by atoms with Crippen molar-refractivity contribution in [3.8, 4) is 5.75 Å². The molecule has 0 aliphatic heterocycles. The molecule has 0 aliphatic rings. The van der Waals surface area contributed by atoms with Crippen molar-refractivity contribution < 1.29 is 9.66 Å². The minimum Gasteiger partial charge on any atom is -0.497 e. The largest absolute Gasteiger partial charge is 0.497 e. The number of nitrogens with zero attached hydrogens (tertiary/aromatic N) is 3. The summed E-state index contributed by atoms with van der Waals surface area (Å²) in [5, 5.41) is 18.1. The second kappa shape index (κ2) is 8.33. The minimum atomic E-state index is -0.530. The second-order valence-electron chi connectivity index (χ2n) is 5.48. The number of aromatic nitrogens is 2. The Morgan fingerprint density at radius 1 is 1.15 bits per heavy atom. The molecular weight excluding hydrogens is 370 g/mol. The van der Waals surface area contributed by atoms with E-state index in [-0.39, 0.29) is 23.9 Å². The van der Waals surface area contributed by atoms with Gasteiger partial charge in [0.05, 0.1) is 12.0 Å². The molecule has 1 aromatic heterocycles. The van der Waals surface area contributed by atoms with Crippen LogP contribution in [0, 0.1) is 10.1 Å². The van der Waals surface area contributed by atoms with Crippen molar-refractivity contribution in [2.24, 2.45) is 0 Å². The number of halogens is 1. The molecule has 3 rings (SSSR count). The molecule has 8 nitrogen and oxygen atoms in total. The van der Waals surface area contributed by atoms with E-state index in [1.54, 1.807) is 37.4 Å². The fourth-order valence-electron chi connectivity index (χ4n) is 2.43. The van der Waals surface area contributed by atoms with Crippen molar-refractivity contribution in [3.05, 3.63) is 75.6 Å². The molecule has 0 aliphatic carbocycles. The Morgan fingerprint density at radius 2 is 1.93 bits per heavy atom. The molecule has 0 fully saturated rings. The van der Waals surface area contributed by atoms with Gasteiger partial charge in [-0.2, -0.15) is 0 Å².